The van der Waals surface area contributed by atoms with E-state index in [2.05, 4.69) is 45.5 Å². The number of oxime groups is 1. The first-order valence-electron chi connectivity index (χ1n) is 6.33. The minimum atomic E-state index is -0.304. The Kier molecular flexibility index (Phi) is 5.82. The molecule has 0 aliphatic carbocycles. The topological polar surface area (TPSA) is 70.6 Å². The van der Waals surface area contributed by atoms with E-state index in [1.807, 2.05) is 26.0 Å². The molecule has 1 atom stereocenters. The molecule has 0 fully saturated rings. The normalized spacial score (nSPS) is 14.4. The lowest BCUT2D eigenvalue weighted by Crippen LogP contribution is -2.35. The molecule has 1 aromatic rings. The van der Waals surface area contributed by atoms with Crippen LogP contribution in [-0.2, 0) is 0 Å². The van der Waals surface area contributed by atoms with Crippen molar-refractivity contribution < 1.29 is 5.21 Å². The third-order valence-corrected chi connectivity index (χ3v) is 3.90. The Morgan fingerprint density at radius 1 is 1.42 bits per heavy atom. The van der Waals surface area contributed by atoms with Crippen molar-refractivity contribution in [3.63, 3.8) is 0 Å². The summed E-state index contributed by atoms with van der Waals surface area (Å²) < 4.78 is 1.08. The fourth-order valence-corrected chi connectivity index (χ4v) is 2.00. The smallest absolute Gasteiger partial charge is 0.144 e. The van der Waals surface area contributed by atoms with Gasteiger partial charge in [-0.2, -0.15) is 0 Å². The van der Waals surface area contributed by atoms with E-state index in [1.54, 1.807) is 0 Å². The highest BCUT2D eigenvalue weighted by Crippen LogP contribution is 2.21. The highest BCUT2D eigenvalue weighted by molar-refractivity contribution is 9.10. The molecule has 0 aromatic heterocycles. The predicted octanol–water partition coefficient (Wildman–Crippen LogP) is 3.26. The summed E-state index contributed by atoms with van der Waals surface area (Å²) in [6.07, 6.45) is 0.809. The minimum absolute atomic E-state index is 0.269. The van der Waals surface area contributed by atoms with Crippen LogP contribution in [0.3, 0.4) is 0 Å². The lowest BCUT2D eigenvalue weighted by molar-refractivity contribution is 0.304. The van der Waals surface area contributed by atoms with Gasteiger partial charge in [0.05, 0.1) is 0 Å². The standard InChI is InChI=1S/C14H22BrN3O/c1-10(11-4-6-12(15)7-5-11)17-9-8-14(2,3)13(16)18-19/h4-7,10,17,19H,8-9H2,1-3H3,(H2,16,18). The molecule has 1 rings (SSSR count). The SMILES string of the molecule is CC(NCCC(C)(C)C(N)=NO)c1ccc(Br)cc1. The van der Waals surface area contributed by atoms with Crippen LogP contribution in [-0.4, -0.2) is 17.6 Å². The number of halogens is 1. The highest BCUT2D eigenvalue weighted by atomic mass is 79.9. The Morgan fingerprint density at radius 3 is 2.53 bits per heavy atom. The van der Waals surface area contributed by atoms with Crippen LogP contribution >= 0.6 is 15.9 Å². The largest absolute Gasteiger partial charge is 0.409 e. The van der Waals surface area contributed by atoms with Crippen molar-refractivity contribution in [1.29, 1.82) is 0 Å². The van der Waals surface area contributed by atoms with Gasteiger partial charge in [0.25, 0.3) is 0 Å². The molecule has 5 heteroatoms. The zero-order valence-electron chi connectivity index (χ0n) is 11.7. The second-order valence-electron chi connectivity index (χ2n) is 5.35. The third kappa shape index (κ3) is 4.84. The maximum absolute atomic E-state index is 8.72. The summed E-state index contributed by atoms with van der Waals surface area (Å²) in [5, 5.41) is 15.3. The molecule has 0 heterocycles. The van der Waals surface area contributed by atoms with E-state index in [1.165, 1.54) is 5.56 Å². The number of benzene rings is 1. The van der Waals surface area contributed by atoms with E-state index in [4.69, 9.17) is 10.9 Å². The molecule has 0 aliphatic heterocycles. The van der Waals surface area contributed by atoms with Gasteiger partial charge in [-0.05, 0) is 37.6 Å². The van der Waals surface area contributed by atoms with Crippen molar-refractivity contribution in [2.75, 3.05) is 6.54 Å². The first-order chi connectivity index (χ1) is 8.86. The molecule has 0 saturated heterocycles. The number of hydrogen-bond acceptors (Lipinski definition) is 3. The number of amidine groups is 1. The highest BCUT2D eigenvalue weighted by Gasteiger charge is 2.23. The molecule has 1 unspecified atom stereocenters. The zero-order valence-corrected chi connectivity index (χ0v) is 13.2. The molecule has 0 bridgehead atoms. The van der Waals surface area contributed by atoms with Crippen molar-refractivity contribution in [3.05, 3.63) is 34.3 Å². The van der Waals surface area contributed by atoms with Crippen LogP contribution in [0.4, 0.5) is 0 Å². The number of nitrogens with zero attached hydrogens (tertiary/aromatic N) is 1. The third-order valence-electron chi connectivity index (χ3n) is 3.37. The van der Waals surface area contributed by atoms with Gasteiger partial charge in [0, 0.05) is 15.9 Å². The van der Waals surface area contributed by atoms with Gasteiger partial charge in [-0.15, -0.1) is 0 Å². The van der Waals surface area contributed by atoms with Gasteiger partial charge in [-0.3, -0.25) is 0 Å². The first kappa shape index (κ1) is 16.0. The van der Waals surface area contributed by atoms with Gasteiger partial charge in [0.15, 0.2) is 0 Å². The van der Waals surface area contributed by atoms with Gasteiger partial charge in [-0.25, -0.2) is 0 Å². The molecule has 0 radical (unpaired) electrons. The summed E-state index contributed by atoms with van der Waals surface area (Å²) in [5.41, 5.74) is 6.60. The molecule has 1 aromatic carbocycles. The molecule has 106 valence electrons. The maximum atomic E-state index is 8.72. The first-order valence-corrected chi connectivity index (χ1v) is 7.13. The summed E-state index contributed by atoms with van der Waals surface area (Å²) in [6.45, 7) is 6.86. The fourth-order valence-electron chi connectivity index (χ4n) is 1.73. The van der Waals surface area contributed by atoms with Crippen LogP contribution in [0.5, 0.6) is 0 Å². The van der Waals surface area contributed by atoms with Crippen LogP contribution in [0.1, 0.15) is 38.8 Å². The summed E-state index contributed by atoms with van der Waals surface area (Å²) in [7, 11) is 0. The second kappa shape index (κ2) is 6.91. The molecule has 4 N–H and O–H groups in total. The lowest BCUT2D eigenvalue weighted by Gasteiger charge is -2.24. The summed E-state index contributed by atoms with van der Waals surface area (Å²) in [6, 6.07) is 8.53. The van der Waals surface area contributed by atoms with Crippen molar-refractivity contribution in [2.45, 2.75) is 33.2 Å². The number of nitrogens with one attached hydrogen (secondary N) is 1. The average molecular weight is 328 g/mol. The lowest BCUT2D eigenvalue weighted by atomic mass is 9.88. The average Bonchev–Trinajstić information content (AvgIpc) is 2.38. The summed E-state index contributed by atoms with van der Waals surface area (Å²) in [4.78, 5) is 0. The van der Waals surface area contributed by atoms with Gasteiger partial charge in [0.1, 0.15) is 5.84 Å². The van der Waals surface area contributed by atoms with Crippen LogP contribution in [0.2, 0.25) is 0 Å². The predicted molar refractivity (Wildman–Crippen MR) is 82.4 cm³/mol. The van der Waals surface area contributed by atoms with Crippen LogP contribution in [0.25, 0.3) is 0 Å². The van der Waals surface area contributed by atoms with Gasteiger partial charge < -0.3 is 16.3 Å². The Hall–Kier alpha value is -1.07. The van der Waals surface area contributed by atoms with Crippen molar-refractivity contribution in [2.24, 2.45) is 16.3 Å². The molecule has 0 saturated carbocycles. The molecule has 0 amide bonds. The molecule has 0 aliphatic rings. The maximum Gasteiger partial charge on any atom is 0.144 e. The zero-order chi connectivity index (χ0) is 14.5. The Bertz CT molecular complexity index is 429. The van der Waals surface area contributed by atoms with Crippen LogP contribution < -0.4 is 11.1 Å². The van der Waals surface area contributed by atoms with E-state index < -0.39 is 0 Å². The number of rotatable bonds is 6. The van der Waals surface area contributed by atoms with Crippen molar-refractivity contribution >= 4 is 21.8 Å². The molecular weight excluding hydrogens is 306 g/mol. The Balaban J connectivity index is 2.47. The molecular formula is C14H22BrN3O. The van der Waals surface area contributed by atoms with E-state index >= 15 is 0 Å². The second-order valence-corrected chi connectivity index (χ2v) is 6.26. The van der Waals surface area contributed by atoms with Gasteiger partial charge >= 0.3 is 0 Å². The molecule has 19 heavy (non-hydrogen) atoms. The fraction of sp³-hybridized carbons (Fsp3) is 0.500. The van der Waals surface area contributed by atoms with Crippen LogP contribution in [0, 0.1) is 5.41 Å². The van der Waals surface area contributed by atoms with Gasteiger partial charge in [-0.1, -0.05) is 47.1 Å². The summed E-state index contributed by atoms with van der Waals surface area (Å²) in [5.74, 6) is 0.269. The van der Waals surface area contributed by atoms with Crippen molar-refractivity contribution in [1.82, 2.24) is 5.32 Å². The quantitative estimate of drug-likeness (QED) is 0.325. The van der Waals surface area contributed by atoms with E-state index in [0.717, 1.165) is 17.4 Å². The van der Waals surface area contributed by atoms with Gasteiger partial charge in [0.2, 0.25) is 0 Å². The molecule has 0 spiro atoms. The number of hydrogen-bond donors (Lipinski definition) is 3. The monoisotopic (exact) mass is 327 g/mol. The minimum Gasteiger partial charge on any atom is -0.409 e. The Labute approximate surface area is 123 Å². The summed E-state index contributed by atoms with van der Waals surface area (Å²) >= 11 is 3.43. The Morgan fingerprint density at radius 2 is 2.00 bits per heavy atom. The van der Waals surface area contributed by atoms with Crippen molar-refractivity contribution in [3.8, 4) is 0 Å². The van der Waals surface area contributed by atoms with E-state index in [9.17, 15) is 0 Å². The van der Waals surface area contributed by atoms with Crippen LogP contribution in [0.15, 0.2) is 33.9 Å². The number of nitrogens with two attached hydrogens (primary N) is 1. The molecule has 4 nitrogen and oxygen atoms in total. The van der Waals surface area contributed by atoms with E-state index in [-0.39, 0.29) is 17.3 Å². The van der Waals surface area contributed by atoms with E-state index in [0.29, 0.717) is 0 Å².